The molecule has 0 spiro atoms. The van der Waals surface area contributed by atoms with Crippen LogP contribution in [0.25, 0.3) is 5.65 Å². The predicted octanol–water partition coefficient (Wildman–Crippen LogP) is -0.452. The summed E-state index contributed by atoms with van der Waals surface area (Å²) in [6.07, 6.45) is 2.30. The van der Waals surface area contributed by atoms with Crippen molar-refractivity contribution in [1.82, 2.24) is 25.1 Å². The van der Waals surface area contributed by atoms with Gasteiger partial charge in [0.15, 0.2) is 5.65 Å². The molecule has 2 aromatic rings. The zero-order valence-electron chi connectivity index (χ0n) is 9.22. The van der Waals surface area contributed by atoms with Crippen molar-refractivity contribution in [2.75, 3.05) is 13.2 Å². The van der Waals surface area contributed by atoms with Gasteiger partial charge in [-0.1, -0.05) is 0 Å². The summed E-state index contributed by atoms with van der Waals surface area (Å²) >= 11 is 0. The first-order valence-electron chi connectivity index (χ1n) is 5.63. The lowest BCUT2D eigenvalue weighted by molar-refractivity contribution is 0.263. The van der Waals surface area contributed by atoms with E-state index in [-0.39, 0.29) is 5.69 Å². The van der Waals surface area contributed by atoms with E-state index in [0.717, 1.165) is 13.0 Å². The summed E-state index contributed by atoms with van der Waals surface area (Å²) in [7, 11) is 0. The number of hydrogen-bond donors (Lipinski definition) is 2. The van der Waals surface area contributed by atoms with Crippen LogP contribution < -0.4 is 15.7 Å². The Bertz CT molecular complexity index is 569. The summed E-state index contributed by atoms with van der Waals surface area (Å²) in [5.41, 5.74) is 0.130. The van der Waals surface area contributed by atoms with Crippen LogP contribution in [0.1, 0.15) is 12.8 Å². The van der Waals surface area contributed by atoms with Crippen LogP contribution in [0.15, 0.2) is 16.9 Å². The Morgan fingerprint density at radius 1 is 1.53 bits per heavy atom. The molecule has 17 heavy (non-hydrogen) atoms. The topological polar surface area (TPSA) is 84.3 Å². The van der Waals surface area contributed by atoms with Gasteiger partial charge in [0.25, 0.3) is 0 Å². The van der Waals surface area contributed by atoms with E-state index >= 15 is 0 Å². The van der Waals surface area contributed by atoms with Gasteiger partial charge in [-0.25, -0.2) is 9.89 Å². The molecular weight excluding hydrogens is 222 g/mol. The van der Waals surface area contributed by atoms with Gasteiger partial charge < -0.3 is 10.1 Å². The van der Waals surface area contributed by atoms with Gasteiger partial charge in [0.2, 0.25) is 5.88 Å². The number of hydrogen-bond acceptors (Lipinski definition) is 5. The van der Waals surface area contributed by atoms with E-state index in [9.17, 15) is 4.79 Å². The maximum absolute atomic E-state index is 11.3. The molecular formula is C10H13N5O2. The quantitative estimate of drug-likeness (QED) is 0.752. The summed E-state index contributed by atoms with van der Waals surface area (Å²) in [5.74, 6) is 0.440. The Hall–Kier alpha value is -1.89. The molecule has 0 bridgehead atoms. The highest BCUT2D eigenvalue weighted by Crippen LogP contribution is 2.09. The van der Waals surface area contributed by atoms with E-state index in [1.165, 1.54) is 10.9 Å². The second-order valence-electron chi connectivity index (χ2n) is 4.07. The second kappa shape index (κ2) is 4.17. The van der Waals surface area contributed by atoms with Gasteiger partial charge >= 0.3 is 5.69 Å². The van der Waals surface area contributed by atoms with Gasteiger partial charge in [-0.3, -0.25) is 0 Å². The Kier molecular flexibility index (Phi) is 2.52. The standard InChI is InChI=1S/C10H13N5O2/c16-10-13-12-8-3-4-9(14-15(8)10)17-6-7-2-1-5-11-7/h3-4,7,11H,1-2,5-6H2,(H,13,16). The van der Waals surface area contributed by atoms with Crippen molar-refractivity contribution in [3.05, 3.63) is 22.6 Å². The Balaban J connectivity index is 1.75. The minimum absolute atomic E-state index is 0.357. The largest absolute Gasteiger partial charge is 0.475 e. The normalized spacial score (nSPS) is 19.9. The highest BCUT2D eigenvalue weighted by Gasteiger charge is 2.14. The molecule has 1 atom stereocenters. The minimum Gasteiger partial charge on any atom is -0.475 e. The van der Waals surface area contributed by atoms with E-state index in [4.69, 9.17) is 4.74 Å². The molecule has 0 saturated carbocycles. The number of fused-ring (bicyclic) bond motifs is 1. The third kappa shape index (κ3) is 2.01. The molecule has 2 N–H and O–H groups in total. The van der Waals surface area contributed by atoms with Gasteiger partial charge in [-0.15, -0.1) is 5.10 Å². The Labute approximate surface area is 96.8 Å². The molecule has 90 valence electrons. The van der Waals surface area contributed by atoms with E-state index in [1.54, 1.807) is 12.1 Å². The van der Waals surface area contributed by atoms with Crippen LogP contribution in [0.3, 0.4) is 0 Å². The van der Waals surface area contributed by atoms with Gasteiger partial charge in [0.1, 0.15) is 6.61 Å². The highest BCUT2D eigenvalue weighted by atomic mass is 16.5. The summed E-state index contributed by atoms with van der Waals surface area (Å²) in [6.45, 7) is 1.62. The number of nitrogens with one attached hydrogen (secondary N) is 2. The van der Waals surface area contributed by atoms with Crippen molar-refractivity contribution in [2.24, 2.45) is 0 Å². The Morgan fingerprint density at radius 2 is 2.47 bits per heavy atom. The first kappa shape index (κ1) is 10.3. The molecule has 0 aromatic carbocycles. The maximum Gasteiger partial charge on any atom is 0.364 e. The van der Waals surface area contributed by atoms with Crippen molar-refractivity contribution in [3.8, 4) is 5.88 Å². The fraction of sp³-hybridized carbons (Fsp3) is 0.500. The zero-order valence-corrected chi connectivity index (χ0v) is 9.22. The molecule has 0 amide bonds. The Morgan fingerprint density at radius 3 is 3.29 bits per heavy atom. The van der Waals surface area contributed by atoms with Crippen LogP contribution in [0.5, 0.6) is 5.88 Å². The number of aromatic amines is 1. The fourth-order valence-electron chi connectivity index (χ4n) is 1.95. The van der Waals surface area contributed by atoms with Crippen LogP contribution in [0.2, 0.25) is 0 Å². The zero-order chi connectivity index (χ0) is 11.7. The predicted molar refractivity (Wildman–Crippen MR) is 60.1 cm³/mol. The third-order valence-electron chi connectivity index (χ3n) is 2.84. The highest BCUT2D eigenvalue weighted by molar-refractivity contribution is 5.35. The summed E-state index contributed by atoms with van der Waals surface area (Å²) < 4.78 is 6.74. The molecule has 7 nitrogen and oxygen atoms in total. The van der Waals surface area contributed by atoms with Crippen LogP contribution in [-0.4, -0.2) is 39.0 Å². The summed E-state index contributed by atoms with van der Waals surface area (Å²) in [5, 5.41) is 13.5. The monoisotopic (exact) mass is 235 g/mol. The molecule has 2 aromatic heterocycles. The van der Waals surface area contributed by atoms with E-state index in [1.807, 2.05) is 0 Å². The average molecular weight is 235 g/mol. The van der Waals surface area contributed by atoms with Gasteiger partial charge in [0, 0.05) is 12.1 Å². The smallest absolute Gasteiger partial charge is 0.364 e. The van der Waals surface area contributed by atoms with Crippen molar-refractivity contribution in [3.63, 3.8) is 0 Å². The number of H-pyrrole nitrogens is 1. The number of aromatic nitrogens is 4. The molecule has 0 aliphatic carbocycles. The van der Waals surface area contributed by atoms with Crippen LogP contribution in [-0.2, 0) is 0 Å². The average Bonchev–Trinajstić information content (AvgIpc) is 2.97. The third-order valence-corrected chi connectivity index (χ3v) is 2.84. The summed E-state index contributed by atoms with van der Waals surface area (Å²) in [4.78, 5) is 11.3. The minimum atomic E-state index is -0.357. The maximum atomic E-state index is 11.3. The van der Waals surface area contributed by atoms with E-state index < -0.39 is 0 Å². The first-order valence-corrected chi connectivity index (χ1v) is 5.63. The van der Waals surface area contributed by atoms with Crippen LogP contribution >= 0.6 is 0 Å². The van der Waals surface area contributed by atoms with Crippen molar-refractivity contribution < 1.29 is 4.74 Å². The van der Waals surface area contributed by atoms with Crippen LogP contribution in [0, 0.1) is 0 Å². The molecule has 7 heteroatoms. The second-order valence-corrected chi connectivity index (χ2v) is 4.07. The molecule has 1 aliphatic heterocycles. The van der Waals surface area contributed by atoms with E-state index in [0.29, 0.717) is 24.2 Å². The molecule has 1 unspecified atom stereocenters. The number of nitrogens with zero attached hydrogens (tertiary/aromatic N) is 3. The molecule has 1 saturated heterocycles. The summed E-state index contributed by atoms with van der Waals surface area (Å²) in [6, 6.07) is 3.79. The number of rotatable bonds is 3. The molecule has 3 rings (SSSR count). The fourth-order valence-corrected chi connectivity index (χ4v) is 1.95. The lowest BCUT2D eigenvalue weighted by Crippen LogP contribution is -2.28. The van der Waals surface area contributed by atoms with Gasteiger partial charge in [-0.2, -0.15) is 9.61 Å². The van der Waals surface area contributed by atoms with Crippen molar-refractivity contribution >= 4 is 5.65 Å². The lowest BCUT2D eigenvalue weighted by Gasteiger charge is -2.10. The molecule has 3 heterocycles. The first-order chi connectivity index (χ1) is 8.33. The molecule has 1 fully saturated rings. The van der Waals surface area contributed by atoms with Crippen LogP contribution in [0.4, 0.5) is 0 Å². The lowest BCUT2D eigenvalue weighted by atomic mass is 10.2. The van der Waals surface area contributed by atoms with Crippen molar-refractivity contribution in [1.29, 1.82) is 0 Å². The van der Waals surface area contributed by atoms with Gasteiger partial charge in [0.05, 0.1) is 0 Å². The van der Waals surface area contributed by atoms with Gasteiger partial charge in [-0.05, 0) is 25.5 Å². The molecule has 1 aliphatic rings. The number of ether oxygens (including phenoxy) is 1. The SMILES string of the molecule is O=c1[nH]nc2ccc(OCC3CCCN3)nn12. The van der Waals surface area contributed by atoms with Crippen molar-refractivity contribution in [2.45, 2.75) is 18.9 Å². The molecule has 0 radical (unpaired) electrons. The van der Waals surface area contributed by atoms with E-state index in [2.05, 4.69) is 20.6 Å².